The predicted octanol–water partition coefficient (Wildman–Crippen LogP) is 4.56. The number of aliphatic hydroxyl groups excluding tert-OH is 4. The monoisotopic (exact) mass is 717 g/mol. The third kappa shape index (κ3) is 22.1. The quantitative estimate of drug-likeness (QED) is 0.0588. The second-order valence-electron chi connectivity index (χ2n) is 13.3. The topological polar surface area (TPSA) is 187 Å². The van der Waals surface area contributed by atoms with Crippen LogP contribution in [0.5, 0.6) is 0 Å². The van der Waals surface area contributed by atoms with Gasteiger partial charge in [0.05, 0.1) is 6.61 Å². The van der Waals surface area contributed by atoms with Gasteiger partial charge in [-0.05, 0) is 85.0 Å². The van der Waals surface area contributed by atoms with E-state index in [2.05, 4.69) is 83.6 Å². The van der Waals surface area contributed by atoms with E-state index >= 15 is 0 Å². The number of carbonyl (C=O) groups excluding carboxylic acids is 3. The number of hydrogen-bond donors (Lipinski definition) is 7. The molecule has 7 N–H and O–H groups in total. The molecular formula is C39H63N3O9. The Morgan fingerprint density at radius 1 is 0.784 bits per heavy atom. The largest absolute Gasteiger partial charge is 0.444 e. The fourth-order valence-electron chi connectivity index (χ4n) is 4.88. The van der Waals surface area contributed by atoms with Crippen molar-refractivity contribution in [1.82, 2.24) is 16.0 Å². The summed E-state index contributed by atoms with van der Waals surface area (Å²) in [6.45, 7) is 6.91. The first-order valence-corrected chi connectivity index (χ1v) is 18.2. The summed E-state index contributed by atoms with van der Waals surface area (Å²) in [6.07, 6.45) is 26.5. The molecule has 0 aromatic rings. The highest BCUT2D eigenvalue weighted by atomic mass is 16.6. The minimum atomic E-state index is -1.70. The molecule has 3 amide bonds. The van der Waals surface area contributed by atoms with E-state index in [1.54, 1.807) is 20.8 Å². The average Bonchev–Trinajstić information content (AvgIpc) is 3.07. The zero-order valence-electron chi connectivity index (χ0n) is 30.9. The molecule has 0 bridgehead atoms. The molecule has 2 unspecified atom stereocenters. The van der Waals surface area contributed by atoms with E-state index < -0.39 is 60.9 Å². The van der Waals surface area contributed by atoms with Gasteiger partial charge in [-0.15, -0.1) is 0 Å². The van der Waals surface area contributed by atoms with Gasteiger partial charge in [-0.25, -0.2) is 4.79 Å². The van der Waals surface area contributed by atoms with E-state index in [0.717, 1.165) is 38.5 Å². The lowest BCUT2D eigenvalue weighted by Gasteiger charge is -2.40. The molecule has 0 radical (unpaired) electrons. The Balaban J connectivity index is 2.34. The molecule has 0 spiro atoms. The number of alkyl carbamates (subject to hydrolysis) is 1. The van der Waals surface area contributed by atoms with Crippen LogP contribution in [0.2, 0.25) is 0 Å². The molecule has 288 valence electrons. The van der Waals surface area contributed by atoms with E-state index in [0.29, 0.717) is 32.2 Å². The minimum absolute atomic E-state index is 0.0873. The van der Waals surface area contributed by atoms with Crippen molar-refractivity contribution in [3.05, 3.63) is 72.9 Å². The van der Waals surface area contributed by atoms with Gasteiger partial charge in [0.1, 0.15) is 36.0 Å². The van der Waals surface area contributed by atoms with Crippen molar-refractivity contribution in [1.29, 1.82) is 0 Å². The zero-order valence-corrected chi connectivity index (χ0v) is 30.9. The summed E-state index contributed by atoms with van der Waals surface area (Å²) in [7, 11) is 0. The van der Waals surface area contributed by atoms with Crippen molar-refractivity contribution in [2.45, 2.75) is 141 Å². The molecule has 6 atom stereocenters. The number of hydrogen-bond acceptors (Lipinski definition) is 9. The summed E-state index contributed by atoms with van der Waals surface area (Å²) in [5.41, 5.74) is -0.812. The highest BCUT2D eigenvalue weighted by molar-refractivity contribution is 5.86. The van der Waals surface area contributed by atoms with Crippen LogP contribution in [0.1, 0.15) is 98.3 Å². The summed E-state index contributed by atoms with van der Waals surface area (Å²) < 4.78 is 10.4. The molecule has 12 nitrogen and oxygen atoms in total. The molecule has 0 aliphatic carbocycles. The second-order valence-corrected chi connectivity index (χ2v) is 13.3. The minimum Gasteiger partial charge on any atom is -0.444 e. The SMILES string of the molecule is CC/C=C\C/C=C\C/C=C\C/C=C\C/C=C\C/C=C\CCC(=O)NCCCC[C@H](NC(=O)OC(C)(C)C)C(=O)N[C@H]1C(O)[C@H](O)C(CO)O[C@H]1O. The first-order chi connectivity index (χ1) is 24.4. The number of ether oxygens (including phenoxy) is 2. The molecule has 1 fully saturated rings. The van der Waals surface area contributed by atoms with Crippen molar-refractivity contribution in [3.63, 3.8) is 0 Å². The Morgan fingerprint density at radius 2 is 1.31 bits per heavy atom. The van der Waals surface area contributed by atoms with E-state index in [1.807, 2.05) is 12.2 Å². The lowest BCUT2D eigenvalue weighted by molar-refractivity contribution is -0.254. The van der Waals surface area contributed by atoms with Crippen LogP contribution >= 0.6 is 0 Å². The Hall–Kier alpha value is -3.55. The van der Waals surface area contributed by atoms with Gasteiger partial charge in [-0.3, -0.25) is 9.59 Å². The van der Waals surface area contributed by atoms with Gasteiger partial charge in [0, 0.05) is 13.0 Å². The maximum absolute atomic E-state index is 13.1. The van der Waals surface area contributed by atoms with Gasteiger partial charge in [0.25, 0.3) is 0 Å². The molecule has 1 aliphatic rings. The van der Waals surface area contributed by atoms with E-state index in [-0.39, 0.29) is 12.3 Å². The number of rotatable bonds is 23. The predicted molar refractivity (Wildman–Crippen MR) is 199 cm³/mol. The lowest BCUT2D eigenvalue weighted by Crippen LogP contribution is -2.65. The van der Waals surface area contributed by atoms with Crippen LogP contribution in [0.15, 0.2) is 72.9 Å². The summed E-state index contributed by atoms with van der Waals surface area (Å²) in [4.78, 5) is 37.8. The number of allylic oxidation sites excluding steroid dienone is 12. The van der Waals surface area contributed by atoms with Crippen LogP contribution in [0.4, 0.5) is 4.79 Å². The molecule has 1 rings (SSSR count). The third-order valence-corrected chi connectivity index (χ3v) is 7.59. The standard InChI is InChI=1S/C39H63N3O9/c1-5-6-7-8-9-10-11-12-13-14-15-16-17-18-19-20-21-22-23-27-32(44)40-28-25-24-26-30(41-38(49)51-39(2,3)4)36(47)42-33-35(46)34(45)31(29-43)50-37(33)48/h6-7,9-10,12-13,15-16,18-19,21-22,30-31,33-35,37,43,45-46,48H,5,8,11,14,17,20,23-29H2,1-4H3,(H,40,44)(H,41,49)(H,42,47)/b7-6-,10-9-,13-12-,16-15-,19-18-,22-21-/t30-,31?,33-,34+,35?,37+/m0/s1. The number of aliphatic hydroxyl groups is 4. The van der Waals surface area contributed by atoms with Crippen LogP contribution in [0.3, 0.4) is 0 Å². The van der Waals surface area contributed by atoms with Crippen LogP contribution in [-0.4, -0.2) is 93.8 Å². The molecule has 12 heteroatoms. The molecule has 1 heterocycles. The second kappa shape index (κ2) is 27.1. The highest BCUT2D eigenvalue weighted by Gasteiger charge is 2.45. The van der Waals surface area contributed by atoms with Crippen molar-refractivity contribution in [3.8, 4) is 0 Å². The van der Waals surface area contributed by atoms with Crippen LogP contribution < -0.4 is 16.0 Å². The van der Waals surface area contributed by atoms with E-state index in [9.17, 15) is 34.8 Å². The Kier molecular flexibility index (Phi) is 24.2. The van der Waals surface area contributed by atoms with Crippen molar-refractivity contribution in [2.75, 3.05) is 13.2 Å². The van der Waals surface area contributed by atoms with E-state index in [4.69, 9.17) is 9.47 Å². The van der Waals surface area contributed by atoms with Gasteiger partial charge in [-0.2, -0.15) is 0 Å². The maximum Gasteiger partial charge on any atom is 0.408 e. The van der Waals surface area contributed by atoms with Gasteiger partial charge in [0.2, 0.25) is 11.8 Å². The van der Waals surface area contributed by atoms with Crippen LogP contribution in [0, 0.1) is 0 Å². The summed E-state index contributed by atoms with van der Waals surface area (Å²) in [5, 5.41) is 47.8. The fraction of sp³-hybridized carbons (Fsp3) is 0.615. The molecular weight excluding hydrogens is 654 g/mol. The Bertz CT molecular complexity index is 1170. The van der Waals surface area contributed by atoms with Crippen molar-refractivity contribution in [2.24, 2.45) is 0 Å². The molecule has 0 aromatic carbocycles. The van der Waals surface area contributed by atoms with Gasteiger partial charge >= 0.3 is 6.09 Å². The number of amides is 3. The van der Waals surface area contributed by atoms with Gasteiger partial charge < -0.3 is 45.9 Å². The first kappa shape index (κ1) is 45.5. The summed E-state index contributed by atoms with van der Waals surface area (Å²) in [6, 6.07) is -2.51. The first-order valence-electron chi connectivity index (χ1n) is 18.2. The third-order valence-electron chi connectivity index (χ3n) is 7.59. The molecule has 0 aromatic heterocycles. The average molecular weight is 718 g/mol. The molecule has 0 saturated carbocycles. The molecule has 51 heavy (non-hydrogen) atoms. The molecule has 1 saturated heterocycles. The fourth-order valence-corrected chi connectivity index (χ4v) is 4.88. The zero-order chi connectivity index (χ0) is 37.9. The van der Waals surface area contributed by atoms with Crippen LogP contribution in [-0.2, 0) is 19.1 Å². The smallest absolute Gasteiger partial charge is 0.408 e. The van der Waals surface area contributed by atoms with Crippen molar-refractivity contribution >= 4 is 17.9 Å². The Labute approximate surface area is 304 Å². The summed E-state index contributed by atoms with van der Waals surface area (Å²) >= 11 is 0. The van der Waals surface area contributed by atoms with Gasteiger partial charge in [0.15, 0.2) is 6.29 Å². The normalized spacial score (nSPS) is 22.2. The van der Waals surface area contributed by atoms with Crippen LogP contribution in [0.25, 0.3) is 0 Å². The number of unbranched alkanes of at least 4 members (excludes halogenated alkanes) is 1. The van der Waals surface area contributed by atoms with Gasteiger partial charge in [-0.1, -0.05) is 79.8 Å². The highest BCUT2D eigenvalue weighted by Crippen LogP contribution is 2.20. The Morgan fingerprint density at radius 3 is 1.82 bits per heavy atom. The van der Waals surface area contributed by atoms with Crippen molar-refractivity contribution < 1.29 is 44.3 Å². The number of nitrogens with one attached hydrogen (secondary N) is 3. The number of carbonyl (C=O) groups is 3. The summed E-state index contributed by atoms with van der Waals surface area (Å²) in [5.74, 6) is -0.821. The molecule has 1 aliphatic heterocycles. The lowest BCUT2D eigenvalue weighted by atomic mass is 9.96. The maximum atomic E-state index is 13.1. The van der Waals surface area contributed by atoms with E-state index in [1.165, 1.54) is 0 Å².